The molecule has 25 heavy (non-hydrogen) atoms. The van der Waals surface area contributed by atoms with Crippen molar-refractivity contribution in [1.82, 2.24) is 0 Å². The molecule has 130 valence electrons. The van der Waals surface area contributed by atoms with Gasteiger partial charge in [-0.25, -0.2) is 4.79 Å². The Hall–Kier alpha value is -2.18. The van der Waals surface area contributed by atoms with E-state index in [1.165, 1.54) is 0 Å². The summed E-state index contributed by atoms with van der Waals surface area (Å²) in [5, 5.41) is 3.44. The third-order valence-corrected chi connectivity index (χ3v) is 4.80. The van der Waals surface area contributed by atoms with Crippen molar-refractivity contribution in [2.75, 3.05) is 24.3 Å². The molecule has 0 saturated carbocycles. The first-order valence-corrected chi connectivity index (χ1v) is 9.10. The monoisotopic (exact) mass is 377 g/mol. The number of amides is 1. The van der Waals surface area contributed by atoms with E-state index < -0.39 is 5.97 Å². The molecule has 3 rings (SSSR count). The highest BCUT2D eigenvalue weighted by Crippen LogP contribution is 2.31. The Morgan fingerprint density at radius 2 is 1.96 bits per heavy atom. The summed E-state index contributed by atoms with van der Waals surface area (Å²) in [5.41, 5.74) is 1.05. The molecule has 0 aromatic heterocycles. The maximum atomic E-state index is 12.1. The number of halogens is 1. The Morgan fingerprint density at radius 1 is 1.16 bits per heavy atom. The van der Waals surface area contributed by atoms with Crippen molar-refractivity contribution in [1.29, 1.82) is 0 Å². The molecule has 1 heterocycles. The molecule has 5 nitrogen and oxygen atoms in total. The molecule has 0 saturated heterocycles. The molecule has 1 amide bonds. The Kier molecular flexibility index (Phi) is 5.83. The molecule has 2 aromatic carbocycles. The quantitative estimate of drug-likeness (QED) is 0.630. The van der Waals surface area contributed by atoms with E-state index in [9.17, 15) is 9.59 Å². The van der Waals surface area contributed by atoms with Gasteiger partial charge in [-0.2, -0.15) is 0 Å². The third-order valence-electron chi connectivity index (χ3n) is 3.47. The van der Waals surface area contributed by atoms with E-state index in [2.05, 4.69) is 5.32 Å². The van der Waals surface area contributed by atoms with Gasteiger partial charge in [0.2, 0.25) is 5.91 Å². The number of carbonyl (C=O) groups is 2. The van der Waals surface area contributed by atoms with Gasteiger partial charge in [-0.1, -0.05) is 11.6 Å². The Balaban J connectivity index is 1.53. The van der Waals surface area contributed by atoms with Crippen molar-refractivity contribution in [3.8, 4) is 5.75 Å². The summed E-state index contributed by atoms with van der Waals surface area (Å²) in [6, 6.07) is 12.1. The molecule has 7 heteroatoms. The number of ether oxygens (including phenoxy) is 2. The number of thioether (sulfide) groups is 1. The van der Waals surface area contributed by atoms with Gasteiger partial charge in [-0.3, -0.25) is 4.79 Å². The lowest BCUT2D eigenvalue weighted by molar-refractivity contribution is -0.115. The number of esters is 1. The molecular weight excluding hydrogens is 362 g/mol. The van der Waals surface area contributed by atoms with E-state index in [1.54, 1.807) is 48.2 Å². The van der Waals surface area contributed by atoms with Gasteiger partial charge in [-0.05, 0) is 42.5 Å². The number of carbonyl (C=O) groups excluding carboxylic acids is 2. The molecule has 0 atom stereocenters. The fraction of sp³-hybridized carbons (Fsp3) is 0.222. The fourth-order valence-corrected chi connectivity index (χ4v) is 3.32. The van der Waals surface area contributed by atoms with Gasteiger partial charge in [0.25, 0.3) is 0 Å². The maximum absolute atomic E-state index is 12.1. The summed E-state index contributed by atoms with van der Waals surface area (Å²) in [4.78, 5) is 24.7. The number of anilines is 1. The molecule has 0 bridgehead atoms. The van der Waals surface area contributed by atoms with Crippen LogP contribution in [0.5, 0.6) is 5.75 Å². The number of nitrogens with one attached hydrogen (secondary N) is 1. The first-order valence-electron chi connectivity index (χ1n) is 7.74. The van der Waals surface area contributed by atoms with Gasteiger partial charge in [0.1, 0.15) is 19.0 Å². The van der Waals surface area contributed by atoms with Crippen molar-refractivity contribution in [2.24, 2.45) is 0 Å². The molecular formula is C18H16ClNO4S. The van der Waals surface area contributed by atoms with Crippen molar-refractivity contribution in [3.05, 3.63) is 53.1 Å². The first-order chi connectivity index (χ1) is 12.1. The highest BCUT2D eigenvalue weighted by atomic mass is 35.5. The predicted molar refractivity (Wildman–Crippen MR) is 97.6 cm³/mol. The zero-order valence-electron chi connectivity index (χ0n) is 13.3. The second-order valence-corrected chi connectivity index (χ2v) is 6.87. The smallest absolute Gasteiger partial charge is 0.338 e. The number of hydrogen-bond donors (Lipinski definition) is 1. The topological polar surface area (TPSA) is 64.6 Å². The van der Waals surface area contributed by atoms with Crippen LogP contribution in [-0.4, -0.2) is 30.8 Å². The second kappa shape index (κ2) is 8.27. The molecule has 1 aliphatic rings. The summed E-state index contributed by atoms with van der Waals surface area (Å²) < 4.78 is 10.7. The minimum atomic E-state index is -0.453. The molecule has 0 unspecified atom stereocenters. The molecule has 1 N–H and O–H groups in total. The Labute approximate surface area is 154 Å². The van der Waals surface area contributed by atoms with Gasteiger partial charge in [0, 0.05) is 22.1 Å². The Morgan fingerprint density at radius 3 is 2.76 bits per heavy atom. The van der Waals surface area contributed by atoms with E-state index in [-0.39, 0.29) is 19.1 Å². The summed E-state index contributed by atoms with van der Waals surface area (Å²) in [7, 11) is 0. The molecule has 2 aromatic rings. The standard InChI is InChI=1S/C18H16ClNO4S/c19-13-2-4-14(5-3-13)23-8-9-24-18(22)12-1-6-16-15(11-12)20-17(21)7-10-25-16/h1-6,11H,7-10H2,(H,20,21). The highest BCUT2D eigenvalue weighted by Gasteiger charge is 2.16. The van der Waals surface area contributed by atoms with Crippen LogP contribution in [0.15, 0.2) is 47.4 Å². The normalized spacial score (nSPS) is 13.4. The van der Waals surface area contributed by atoms with Crippen LogP contribution in [0.2, 0.25) is 5.02 Å². The van der Waals surface area contributed by atoms with E-state index in [4.69, 9.17) is 21.1 Å². The Bertz CT molecular complexity index is 779. The first kappa shape index (κ1) is 17.6. The largest absolute Gasteiger partial charge is 0.490 e. The molecule has 0 radical (unpaired) electrons. The molecule has 1 aliphatic heterocycles. The number of benzene rings is 2. The van der Waals surface area contributed by atoms with Gasteiger partial charge in [0.05, 0.1) is 11.3 Å². The average Bonchev–Trinajstić information content (AvgIpc) is 2.79. The van der Waals surface area contributed by atoms with Crippen LogP contribution in [0.25, 0.3) is 0 Å². The van der Waals surface area contributed by atoms with Gasteiger partial charge < -0.3 is 14.8 Å². The summed E-state index contributed by atoms with van der Waals surface area (Å²) in [6.07, 6.45) is 0.459. The number of rotatable bonds is 5. The lowest BCUT2D eigenvalue weighted by Crippen LogP contribution is -2.14. The van der Waals surface area contributed by atoms with Crippen molar-refractivity contribution in [3.63, 3.8) is 0 Å². The molecule has 0 fully saturated rings. The lowest BCUT2D eigenvalue weighted by Gasteiger charge is -2.10. The van der Waals surface area contributed by atoms with Crippen LogP contribution in [-0.2, 0) is 9.53 Å². The van der Waals surface area contributed by atoms with Crippen LogP contribution in [0.3, 0.4) is 0 Å². The predicted octanol–water partition coefficient (Wildman–Crippen LogP) is 4.01. The number of fused-ring (bicyclic) bond motifs is 1. The summed E-state index contributed by atoms with van der Waals surface area (Å²) in [5.74, 6) is 0.884. The fourth-order valence-electron chi connectivity index (χ4n) is 2.25. The SMILES string of the molecule is O=C1CCSc2ccc(C(=O)OCCOc3ccc(Cl)cc3)cc2N1. The van der Waals surface area contributed by atoms with Crippen LogP contribution >= 0.6 is 23.4 Å². The van der Waals surface area contributed by atoms with Crippen molar-refractivity contribution in [2.45, 2.75) is 11.3 Å². The second-order valence-electron chi connectivity index (χ2n) is 5.30. The van der Waals surface area contributed by atoms with Crippen LogP contribution in [0.4, 0.5) is 5.69 Å². The summed E-state index contributed by atoms with van der Waals surface area (Å²) >= 11 is 7.39. The van der Waals surface area contributed by atoms with Crippen LogP contribution in [0.1, 0.15) is 16.8 Å². The van der Waals surface area contributed by atoms with Gasteiger partial charge in [0.15, 0.2) is 0 Å². The van der Waals surface area contributed by atoms with E-state index in [0.717, 1.165) is 10.6 Å². The number of hydrogen-bond acceptors (Lipinski definition) is 5. The molecule has 0 spiro atoms. The minimum absolute atomic E-state index is 0.0480. The van der Waals surface area contributed by atoms with Gasteiger partial charge >= 0.3 is 5.97 Å². The van der Waals surface area contributed by atoms with E-state index in [1.807, 2.05) is 6.07 Å². The lowest BCUT2D eigenvalue weighted by atomic mass is 10.2. The van der Waals surface area contributed by atoms with Crippen molar-refractivity contribution < 1.29 is 19.1 Å². The molecule has 0 aliphatic carbocycles. The van der Waals surface area contributed by atoms with Crippen LogP contribution < -0.4 is 10.1 Å². The summed E-state index contributed by atoms with van der Waals surface area (Å²) in [6.45, 7) is 0.366. The van der Waals surface area contributed by atoms with E-state index in [0.29, 0.717) is 28.4 Å². The minimum Gasteiger partial charge on any atom is -0.490 e. The third kappa shape index (κ3) is 4.90. The van der Waals surface area contributed by atoms with Gasteiger partial charge in [-0.15, -0.1) is 11.8 Å². The highest BCUT2D eigenvalue weighted by molar-refractivity contribution is 7.99. The van der Waals surface area contributed by atoms with Crippen molar-refractivity contribution >= 4 is 40.9 Å². The average molecular weight is 378 g/mol. The van der Waals surface area contributed by atoms with E-state index >= 15 is 0 Å². The zero-order chi connectivity index (χ0) is 17.6. The van der Waals surface area contributed by atoms with Crippen LogP contribution in [0, 0.1) is 0 Å². The maximum Gasteiger partial charge on any atom is 0.338 e. The zero-order valence-corrected chi connectivity index (χ0v) is 14.9.